The number of esters is 1. The number of nitrogens with zero attached hydrogens (tertiary/aromatic N) is 1. The van der Waals surface area contributed by atoms with Crippen molar-refractivity contribution in [1.29, 1.82) is 0 Å². The standard InChI is InChI=1S/C31H33N5O7/c1-42-29(39)26(35-31(41)43-20-22-11-6-3-7-12-22)18-32-28(38)23-15-27(37)36(19-23)25-14-8-13-24(16-25)34-30(40)33-17-21-9-4-2-5-10-21/h2-14,16,23,26H,15,17-20H2,1H3,(H,32,38)(H,35,41)(H2,33,34,40)/t23?,26-/m0/s1. The Balaban J connectivity index is 1.27. The SMILES string of the molecule is COC(=O)[C@H](CNC(=O)C1CC(=O)N(c2cccc(NC(=O)NCc3ccccc3)c2)C1)NC(=O)OCc1ccccc1. The first-order valence-corrected chi connectivity index (χ1v) is 13.6. The zero-order chi connectivity index (χ0) is 30.6. The van der Waals surface area contributed by atoms with Gasteiger partial charge in [0.25, 0.3) is 0 Å². The van der Waals surface area contributed by atoms with Gasteiger partial charge in [0, 0.05) is 37.4 Å². The smallest absolute Gasteiger partial charge is 0.408 e. The Kier molecular flexibility index (Phi) is 10.7. The van der Waals surface area contributed by atoms with Crippen LogP contribution in [0.3, 0.4) is 0 Å². The van der Waals surface area contributed by atoms with Gasteiger partial charge >= 0.3 is 18.1 Å². The Morgan fingerprint density at radius 1 is 0.907 bits per heavy atom. The van der Waals surface area contributed by atoms with Crippen LogP contribution in [0.2, 0.25) is 0 Å². The quantitative estimate of drug-likeness (QED) is 0.252. The lowest BCUT2D eigenvalue weighted by Crippen LogP contribution is -2.50. The first-order chi connectivity index (χ1) is 20.8. The fourth-order valence-corrected chi connectivity index (χ4v) is 4.43. The Bertz CT molecular complexity index is 1430. The molecule has 1 saturated heterocycles. The number of urea groups is 1. The van der Waals surface area contributed by atoms with E-state index >= 15 is 0 Å². The number of carbonyl (C=O) groups is 5. The summed E-state index contributed by atoms with van der Waals surface area (Å²) in [6.45, 7) is 0.203. The molecule has 12 nitrogen and oxygen atoms in total. The van der Waals surface area contributed by atoms with E-state index in [9.17, 15) is 24.0 Å². The van der Waals surface area contributed by atoms with Crippen LogP contribution < -0.4 is 26.2 Å². The maximum atomic E-state index is 12.9. The number of alkyl carbamates (subject to hydrolysis) is 1. The van der Waals surface area contributed by atoms with E-state index < -0.39 is 36.0 Å². The molecule has 1 heterocycles. The Labute approximate surface area is 248 Å². The lowest BCUT2D eigenvalue weighted by Gasteiger charge is -2.19. The number of carbonyl (C=O) groups excluding carboxylic acids is 5. The number of anilines is 2. The van der Waals surface area contributed by atoms with Crippen molar-refractivity contribution in [3.05, 3.63) is 96.1 Å². The van der Waals surface area contributed by atoms with Gasteiger partial charge in [-0.25, -0.2) is 14.4 Å². The molecule has 1 aliphatic heterocycles. The number of hydrogen-bond acceptors (Lipinski definition) is 7. The maximum absolute atomic E-state index is 12.9. The third kappa shape index (κ3) is 9.05. The van der Waals surface area contributed by atoms with Crippen LogP contribution in [-0.2, 0) is 37.0 Å². The Hall–Kier alpha value is -5.39. The number of ether oxygens (including phenoxy) is 2. The van der Waals surface area contributed by atoms with E-state index in [-0.39, 0.29) is 32.0 Å². The van der Waals surface area contributed by atoms with Crippen LogP contribution in [-0.4, -0.2) is 56.1 Å². The third-order valence-electron chi connectivity index (χ3n) is 6.68. The van der Waals surface area contributed by atoms with E-state index in [1.165, 1.54) is 4.90 Å². The van der Waals surface area contributed by atoms with Gasteiger partial charge in [0.05, 0.1) is 13.0 Å². The molecule has 1 fully saturated rings. The third-order valence-corrected chi connectivity index (χ3v) is 6.68. The van der Waals surface area contributed by atoms with E-state index in [2.05, 4.69) is 21.3 Å². The second kappa shape index (κ2) is 15.0. The van der Waals surface area contributed by atoms with Crippen LogP contribution in [0, 0.1) is 5.92 Å². The van der Waals surface area contributed by atoms with Gasteiger partial charge in [-0.15, -0.1) is 0 Å². The molecule has 5 amide bonds. The number of amides is 5. The summed E-state index contributed by atoms with van der Waals surface area (Å²) >= 11 is 0. The summed E-state index contributed by atoms with van der Waals surface area (Å²) in [5, 5.41) is 10.6. The molecule has 4 N–H and O–H groups in total. The van der Waals surface area contributed by atoms with E-state index in [0.29, 0.717) is 17.9 Å². The van der Waals surface area contributed by atoms with Gasteiger partial charge in [-0.3, -0.25) is 9.59 Å². The van der Waals surface area contributed by atoms with Crippen LogP contribution in [0.4, 0.5) is 21.0 Å². The molecule has 0 spiro atoms. The summed E-state index contributed by atoms with van der Waals surface area (Å²) in [7, 11) is 1.16. The van der Waals surface area contributed by atoms with Crippen molar-refractivity contribution in [1.82, 2.24) is 16.0 Å². The Morgan fingerprint density at radius 2 is 1.60 bits per heavy atom. The van der Waals surface area contributed by atoms with E-state index in [4.69, 9.17) is 9.47 Å². The minimum Gasteiger partial charge on any atom is -0.467 e. The van der Waals surface area contributed by atoms with Crippen molar-refractivity contribution in [2.45, 2.75) is 25.6 Å². The van der Waals surface area contributed by atoms with Gasteiger partial charge in [-0.1, -0.05) is 66.7 Å². The van der Waals surface area contributed by atoms with Gasteiger partial charge < -0.3 is 35.6 Å². The number of nitrogens with one attached hydrogen (secondary N) is 4. The summed E-state index contributed by atoms with van der Waals surface area (Å²) < 4.78 is 9.90. The fourth-order valence-electron chi connectivity index (χ4n) is 4.43. The van der Waals surface area contributed by atoms with Crippen LogP contribution in [0.15, 0.2) is 84.9 Å². The summed E-state index contributed by atoms with van der Waals surface area (Å²) in [5.41, 5.74) is 2.73. The molecular formula is C31H33N5O7. The average molecular weight is 588 g/mol. The number of methoxy groups -OCH3 is 1. The van der Waals surface area contributed by atoms with E-state index in [1.54, 1.807) is 48.5 Å². The van der Waals surface area contributed by atoms with Gasteiger partial charge in [0.1, 0.15) is 12.6 Å². The molecule has 1 aliphatic rings. The number of benzene rings is 3. The van der Waals surface area contributed by atoms with Gasteiger partial charge in [-0.05, 0) is 29.3 Å². The molecule has 4 rings (SSSR count). The van der Waals surface area contributed by atoms with Crippen LogP contribution >= 0.6 is 0 Å². The molecule has 0 aromatic heterocycles. The highest BCUT2D eigenvalue weighted by molar-refractivity contribution is 6.01. The molecule has 0 bridgehead atoms. The zero-order valence-electron chi connectivity index (χ0n) is 23.6. The van der Waals surface area contributed by atoms with E-state index in [1.807, 2.05) is 36.4 Å². The minimum atomic E-state index is -1.19. The van der Waals surface area contributed by atoms with Crippen LogP contribution in [0.25, 0.3) is 0 Å². The first-order valence-electron chi connectivity index (χ1n) is 13.6. The number of hydrogen-bond donors (Lipinski definition) is 4. The van der Waals surface area contributed by atoms with Crippen molar-refractivity contribution in [3.8, 4) is 0 Å². The highest BCUT2D eigenvalue weighted by Gasteiger charge is 2.36. The predicted octanol–water partition coefficient (Wildman–Crippen LogP) is 2.95. The molecule has 0 saturated carbocycles. The average Bonchev–Trinajstić information content (AvgIpc) is 3.43. The molecule has 43 heavy (non-hydrogen) atoms. The molecule has 224 valence electrons. The largest absolute Gasteiger partial charge is 0.467 e. The summed E-state index contributed by atoms with van der Waals surface area (Å²) in [5.74, 6) is -2.18. The monoisotopic (exact) mass is 587 g/mol. The molecular weight excluding hydrogens is 554 g/mol. The molecule has 3 aromatic rings. The van der Waals surface area contributed by atoms with Crippen molar-refractivity contribution < 1.29 is 33.4 Å². The molecule has 3 aromatic carbocycles. The van der Waals surface area contributed by atoms with Crippen molar-refractivity contribution in [2.24, 2.45) is 5.92 Å². The van der Waals surface area contributed by atoms with Crippen LogP contribution in [0.1, 0.15) is 17.5 Å². The van der Waals surface area contributed by atoms with Crippen molar-refractivity contribution in [3.63, 3.8) is 0 Å². The first kappa shape index (κ1) is 30.6. The normalized spacial score (nSPS) is 14.8. The minimum absolute atomic E-state index is 0.00201. The summed E-state index contributed by atoms with van der Waals surface area (Å²) in [6, 6.07) is 23.7. The summed E-state index contributed by atoms with van der Waals surface area (Å²) in [4.78, 5) is 64.0. The second-order valence-corrected chi connectivity index (χ2v) is 9.78. The van der Waals surface area contributed by atoms with Crippen LogP contribution in [0.5, 0.6) is 0 Å². The van der Waals surface area contributed by atoms with Gasteiger partial charge in [0.2, 0.25) is 11.8 Å². The van der Waals surface area contributed by atoms with E-state index in [0.717, 1.165) is 18.2 Å². The molecule has 1 unspecified atom stereocenters. The molecule has 0 radical (unpaired) electrons. The maximum Gasteiger partial charge on any atom is 0.408 e. The second-order valence-electron chi connectivity index (χ2n) is 9.78. The summed E-state index contributed by atoms with van der Waals surface area (Å²) in [6.07, 6.45) is -0.894. The van der Waals surface area contributed by atoms with Crippen molar-refractivity contribution >= 4 is 41.3 Å². The van der Waals surface area contributed by atoms with Gasteiger partial charge in [0.15, 0.2) is 0 Å². The molecule has 12 heteroatoms. The highest BCUT2D eigenvalue weighted by atomic mass is 16.6. The highest BCUT2D eigenvalue weighted by Crippen LogP contribution is 2.27. The van der Waals surface area contributed by atoms with Crippen molar-refractivity contribution in [2.75, 3.05) is 30.4 Å². The molecule has 0 aliphatic carbocycles. The van der Waals surface area contributed by atoms with Gasteiger partial charge in [-0.2, -0.15) is 0 Å². The topological polar surface area (TPSA) is 155 Å². The molecule has 2 atom stereocenters. The fraction of sp³-hybridized carbons (Fsp3) is 0.258. The lowest BCUT2D eigenvalue weighted by atomic mass is 10.1. The lowest BCUT2D eigenvalue weighted by molar-refractivity contribution is -0.143. The Morgan fingerprint density at radius 3 is 2.30 bits per heavy atom. The predicted molar refractivity (Wildman–Crippen MR) is 158 cm³/mol. The number of rotatable bonds is 11. The zero-order valence-corrected chi connectivity index (χ0v) is 23.6.